The number of aryl methyl sites for hydroxylation is 1. The van der Waals surface area contributed by atoms with Gasteiger partial charge in [0.1, 0.15) is 17.1 Å². The van der Waals surface area contributed by atoms with E-state index in [9.17, 15) is 9.59 Å². The Hall–Kier alpha value is -3.08. The van der Waals surface area contributed by atoms with Crippen LogP contribution in [0.2, 0.25) is 0 Å². The predicted octanol–water partition coefficient (Wildman–Crippen LogP) is 4.67. The van der Waals surface area contributed by atoms with Gasteiger partial charge in [-0.15, -0.1) is 0 Å². The maximum Gasteiger partial charge on any atom is 0.336 e. The van der Waals surface area contributed by atoms with Gasteiger partial charge < -0.3 is 13.9 Å². The summed E-state index contributed by atoms with van der Waals surface area (Å²) in [5.41, 5.74) is 2.47. The number of ketones is 1. The van der Waals surface area contributed by atoms with Gasteiger partial charge in [0.15, 0.2) is 11.9 Å². The third kappa shape index (κ3) is 3.40. The third-order valence-corrected chi connectivity index (χ3v) is 5.28. The number of fused-ring (bicyclic) bond motifs is 1. The lowest BCUT2D eigenvalue weighted by Crippen LogP contribution is -2.30. The molecule has 0 radical (unpaired) electrons. The molecule has 1 fully saturated rings. The maximum atomic E-state index is 12.2. The van der Waals surface area contributed by atoms with Crippen LogP contribution in [0.3, 0.4) is 0 Å². The Morgan fingerprint density at radius 3 is 2.54 bits per heavy atom. The van der Waals surface area contributed by atoms with E-state index in [2.05, 4.69) is 0 Å². The van der Waals surface area contributed by atoms with Gasteiger partial charge in [-0.25, -0.2) is 4.79 Å². The van der Waals surface area contributed by atoms with E-state index in [1.165, 1.54) is 6.07 Å². The van der Waals surface area contributed by atoms with Gasteiger partial charge in [0, 0.05) is 23.4 Å². The molecule has 5 nitrogen and oxygen atoms in total. The molecule has 4 rings (SSSR count). The Morgan fingerprint density at radius 2 is 1.82 bits per heavy atom. The van der Waals surface area contributed by atoms with Crippen molar-refractivity contribution in [3.63, 3.8) is 0 Å². The zero-order chi connectivity index (χ0) is 19.7. The first kappa shape index (κ1) is 18.3. The van der Waals surface area contributed by atoms with Crippen LogP contribution in [0.4, 0.5) is 0 Å². The molecule has 1 atom stereocenters. The SMILES string of the molecule is COc1ccc(-c2cc(=O)oc3c(C)c(O[C@@H]4CCCCC4=O)ccc23)cc1. The second-order valence-electron chi connectivity index (χ2n) is 7.09. The van der Waals surface area contributed by atoms with E-state index < -0.39 is 11.7 Å². The van der Waals surface area contributed by atoms with E-state index in [4.69, 9.17) is 13.9 Å². The van der Waals surface area contributed by atoms with Crippen molar-refractivity contribution in [3.05, 3.63) is 58.4 Å². The van der Waals surface area contributed by atoms with Gasteiger partial charge in [-0.1, -0.05) is 12.1 Å². The Morgan fingerprint density at radius 1 is 1.04 bits per heavy atom. The highest BCUT2D eigenvalue weighted by Crippen LogP contribution is 2.34. The zero-order valence-corrected chi connectivity index (χ0v) is 16.0. The highest BCUT2D eigenvalue weighted by molar-refractivity contribution is 5.95. The zero-order valence-electron chi connectivity index (χ0n) is 16.0. The fourth-order valence-corrected chi connectivity index (χ4v) is 3.71. The molecular weight excluding hydrogens is 356 g/mol. The molecule has 0 N–H and O–H groups in total. The number of carbonyl (C=O) groups is 1. The van der Waals surface area contributed by atoms with Gasteiger partial charge >= 0.3 is 5.63 Å². The number of rotatable bonds is 4. The van der Waals surface area contributed by atoms with Crippen LogP contribution >= 0.6 is 0 Å². The lowest BCUT2D eigenvalue weighted by Gasteiger charge is -2.23. The van der Waals surface area contributed by atoms with Crippen molar-refractivity contribution in [1.29, 1.82) is 0 Å². The van der Waals surface area contributed by atoms with Crippen LogP contribution in [0.5, 0.6) is 11.5 Å². The summed E-state index contributed by atoms with van der Waals surface area (Å²) < 4.78 is 16.7. The van der Waals surface area contributed by atoms with Crippen molar-refractivity contribution in [1.82, 2.24) is 0 Å². The summed E-state index contributed by atoms with van der Waals surface area (Å²) in [6.07, 6.45) is 2.79. The summed E-state index contributed by atoms with van der Waals surface area (Å²) in [7, 11) is 1.61. The maximum absolute atomic E-state index is 12.2. The van der Waals surface area contributed by atoms with E-state index in [1.54, 1.807) is 7.11 Å². The smallest absolute Gasteiger partial charge is 0.336 e. The fraction of sp³-hybridized carbons (Fsp3) is 0.304. The average Bonchev–Trinajstić information content (AvgIpc) is 2.71. The van der Waals surface area contributed by atoms with Crippen molar-refractivity contribution in [2.24, 2.45) is 0 Å². The van der Waals surface area contributed by atoms with Gasteiger partial charge in [-0.2, -0.15) is 0 Å². The molecular formula is C23H22O5. The Kier molecular flexibility index (Phi) is 4.90. The van der Waals surface area contributed by atoms with Gasteiger partial charge in [0.05, 0.1) is 7.11 Å². The molecule has 1 saturated carbocycles. The molecule has 1 aliphatic rings. The summed E-state index contributed by atoms with van der Waals surface area (Å²) in [5, 5.41) is 0.824. The van der Waals surface area contributed by atoms with Crippen LogP contribution in [-0.2, 0) is 4.79 Å². The van der Waals surface area contributed by atoms with Crippen LogP contribution in [0.15, 0.2) is 51.7 Å². The Labute approximate surface area is 162 Å². The van der Waals surface area contributed by atoms with E-state index in [0.29, 0.717) is 17.8 Å². The largest absolute Gasteiger partial charge is 0.497 e. The summed E-state index contributed by atoms with van der Waals surface area (Å²) in [6.45, 7) is 1.85. The second kappa shape index (κ2) is 7.50. The molecule has 0 aliphatic heterocycles. The normalized spacial score (nSPS) is 16.9. The van der Waals surface area contributed by atoms with Gasteiger partial charge in [-0.05, 0) is 61.6 Å². The minimum absolute atomic E-state index is 0.138. The van der Waals surface area contributed by atoms with Crippen LogP contribution in [0.25, 0.3) is 22.1 Å². The van der Waals surface area contributed by atoms with Crippen molar-refractivity contribution in [3.8, 4) is 22.6 Å². The molecule has 0 unspecified atom stereocenters. The van der Waals surface area contributed by atoms with Gasteiger partial charge in [-0.3, -0.25) is 4.79 Å². The molecule has 1 heterocycles. The molecule has 0 saturated heterocycles. The number of benzene rings is 2. The minimum Gasteiger partial charge on any atom is -0.497 e. The van der Waals surface area contributed by atoms with E-state index in [1.807, 2.05) is 43.3 Å². The standard InChI is InChI=1S/C23H22O5/c1-14-20(27-21-6-4-3-5-19(21)24)12-11-17-18(13-22(25)28-23(14)17)15-7-9-16(26-2)10-8-15/h7-13,21H,3-6H2,1-2H3/t21-/m1/s1. The number of methoxy groups -OCH3 is 1. The molecule has 2 aromatic carbocycles. The molecule has 1 aliphatic carbocycles. The molecule has 5 heteroatoms. The molecule has 0 bridgehead atoms. The molecule has 3 aromatic rings. The quantitative estimate of drug-likeness (QED) is 0.618. The van der Waals surface area contributed by atoms with Crippen LogP contribution in [0, 0.1) is 6.92 Å². The van der Waals surface area contributed by atoms with E-state index >= 15 is 0 Å². The van der Waals surface area contributed by atoms with Crippen LogP contribution < -0.4 is 15.1 Å². The lowest BCUT2D eigenvalue weighted by molar-refractivity contribution is -0.127. The van der Waals surface area contributed by atoms with Crippen molar-refractivity contribution < 1.29 is 18.7 Å². The number of ether oxygens (including phenoxy) is 2. The monoisotopic (exact) mass is 378 g/mol. The molecule has 0 spiro atoms. The highest BCUT2D eigenvalue weighted by atomic mass is 16.5. The fourth-order valence-electron chi connectivity index (χ4n) is 3.71. The summed E-state index contributed by atoms with van der Waals surface area (Å²) in [6, 6.07) is 12.8. The molecule has 0 amide bonds. The van der Waals surface area contributed by atoms with Crippen molar-refractivity contribution >= 4 is 16.8 Å². The summed E-state index contributed by atoms with van der Waals surface area (Å²) in [4.78, 5) is 24.3. The summed E-state index contributed by atoms with van der Waals surface area (Å²) >= 11 is 0. The average molecular weight is 378 g/mol. The first-order valence-electron chi connectivity index (χ1n) is 9.48. The first-order valence-corrected chi connectivity index (χ1v) is 9.48. The molecule has 144 valence electrons. The topological polar surface area (TPSA) is 65.7 Å². The minimum atomic E-state index is -0.424. The first-order chi connectivity index (χ1) is 13.6. The number of hydrogen-bond donors (Lipinski definition) is 0. The molecule has 1 aromatic heterocycles. The van der Waals surface area contributed by atoms with Crippen LogP contribution in [-0.4, -0.2) is 19.0 Å². The van der Waals surface area contributed by atoms with Crippen molar-refractivity contribution in [2.75, 3.05) is 7.11 Å². The van der Waals surface area contributed by atoms with E-state index in [-0.39, 0.29) is 5.78 Å². The number of Topliss-reactive ketones (excluding diaryl/α,β-unsaturated/α-hetero) is 1. The highest BCUT2D eigenvalue weighted by Gasteiger charge is 2.25. The second-order valence-corrected chi connectivity index (χ2v) is 7.09. The third-order valence-electron chi connectivity index (χ3n) is 5.28. The number of hydrogen-bond acceptors (Lipinski definition) is 5. The number of carbonyl (C=O) groups excluding carboxylic acids is 1. The lowest BCUT2D eigenvalue weighted by atomic mass is 9.96. The predicted molar refractivity (Wildman–Crippen MR) is 107 cm³/mol. The molecule has 28 heavy (non-hydrogen) atoms. The van der Waals surface area contributed by atoms with Gasteiger partial charge in [0.2, 0.25) is 0 Å². The Balaban J connectivity index is 1.78. The van der Waals surface area contributed by atoms with Gasteiger partial charge in [0.25, 0.3) is 0 Å². The Bertz CT molecular complexity index is 1080. The van der Waals surface area contributed by atoms with Crippen molar-refractivity contribution in [2.45, 2.75) is 38.7 Å². The van der Waals surface area contributed by atoms with E-state index in [0.717, 1.165) is 47.1 Å². The van der Waals surface area contributed by atoms with Crippen LogP contribution in [0.1, 0.15) is 31.2 Å². The summed E-state index contributed by atoms with van der Waals surface area (Å²) in [5.74, 6) is 1.47.